The molecule has 18 heavy (non-hydrogen) atoms. The van der Waals surface area contributed by atoms with Crippen LogP contribution in [0.4, 0.5) is 0 Å². The molecular weight excluding hydrogens is 252 g/mol. The number of rotatable bonds is 4. The lowest BCUT2D eigenvalue weighted by Gasteiger charge is -2.32. The van der Waals surface area contributed by atoms with E-state index in [0.717, 1.165) is 49.1 Å². The van der Waals surface area contributed by atoms with Crippen LogP contribution in [-0.4, -0.2) is 47.0 Å². The van der Waals surface area contributed by atoms with Gasteiger partial charge in [0.2, 0.25) is 0 Å². The zero-order valence-electron chi connectivity index (χ0n) is 11.0. The number of hydrogen-bond donors (Lipinski definition) is 1. The molecule has 1 fully saturated rings. The molecule has 1 unspecified atom stereocenters. The first kappa shape index (κ1) is 13.8. The van der Waals surface area contributed by atoms with Crippen LogP contribution in [0.3, 0.4) is 0 Å². The molecule has 0 radical (unpaired) electrons. The van der Waals surface area contributed by atoms with Gasteiger partial charge in [0.1, 0.15) is 0 Å². The second-order valence-corrected chi connectivity index (χ2v) is 5.03. The molecule has 1 aliphatic heterocycles. The zero-order chi connectivity index (χ0) is 13.1. The number of nitrogens with two attached hydrogens (primary N) is 1. The van der Waals surface area contributed by atoms with E-state index < -0.39 is 0 Å². The average molecular weight is 273 g/mol. The normalized spacial score (nSPS) is 21.4. The van der Waals surface area contributed by atoms with E-state index in [2.05, 4.69) is 16.9 Å². The van der Waals surface area contributed by atoms with Crippen LogP contribution < -0.4 is 5.73 Å². The van der Waals surface area contributed by atoms with Crippen LogP contribution >= 0.6 is 11.6 Å². The molecule has 0 spiro atoms. The first-order valence-electron chi connectivity index (χ1n) is 6.40. The van der Waals surface area contributed by atoms with Gasteiger partial charge in [-0.25, -0.2) is 0 Å². The molecular formula is C12H21ClN4O. The molecule has 0 aromatic carbocycles. The quantitative estimate of drug-likeness (QED) is 0.881. The van der Waals surface area contributed by atoms with Crippen molar-refractivity contribution in [3.63, 3.8) is 0 Å². The third-order valence-corrected chi connectivity index (χ3v) is 3.80. The highest BCUT2D eigenvalue weighted by atomic mass is 35.5. The lowest BCUT2D eigenvalue weighted by Crippen LogP contribution is -2.45. The fraction of sp³-hybridized carbons (Fsp3) is 0.750. The average Bonchev–Trinajstić information content (AvgIpc) is 2.66. The molecule has 0 amide bonds. The molecule has 0 bridgehead atoms. The number of hydrogen-bond acceptors (Lipinski definition) is 4. The standard InChI is InChI=1S/C12H21ClN4O/c1-3-10-12(13)11(16(2)15-10)8-17-4-5-18-9(6-14)7-17/h9H,3-8,14H2,1-2H3. The van der Waals surface area contributed by atoms with Gasteiger partial charge in [-0.1, -0.05) is 18.5 Å². The molecule has 102 valence electrons. The van der Waals surface area contributed by atoms with Crippen molar-refractivity contribution in [2.24, 2.45) is 12.8 Å². The predicted octanol–water partition coefficient (Wildman–Crippen LogP) is 0.795. The fourth-order valence-corrected chi connectivity index (χ4v) is 2.62. The zero-order valence-corrected chi connectivity index (χ0v) is 11.8. The van der Waals surface area contributed by atoms with Gasteiger partial charge in [-0.3, -0.25) is 9.58 Å². The second-order valence-electron chi connectivity index (χ2n) is 4.65. The van der Waals surface area contributed by atoms with E-state index in [4.69, 9.17) is 22.1 Å². The fourth-order valence-electron chi connectivity index (χ4n) is 2.27. The van der Waals surface area contributed by atoms with Crippen LogP contribution in [0.25, 0.3) is 0 Å². The van der Waals surface area contributed by atoms with E-state index in [0.29, 0.717) is 6.54 Å². The molecule has 1 aliphatic rings. The maximum Gasteiger partial charge on any atom is 0.0863 e. The van der Waals surface area contributed by atoms with Crippen LogP contribution in [0.1, 0.15) is 18.3 Å². The van der Waals surface area contributed by atoms with Crippen molar-refractivity contribution in [3.05, 3.63) is 16.4 Å². The predicted molar refractivity (Wildman–Crippen MR) is 71.7 cm³/mol. The first-order valence-corrected chi connectivity index (χ1v) is 6.77. The summed E-state index contributed by atoms with van der Waals surface area (Å²) in [4.78, 5) is 2.32. The molecule has 0 aliphatic carbocycles. The van der Waals surface area contributed by atoms with Gasteiger partial charge in [0.25, 0.3) is 0 Å². The van der Waals surface area contributed by atoms with Crippen molar-refractivity contribution >= 4 is 11.6 Å². The van der Waals surface area contributed by atoms with Gasteiger partial charge in [-0.15, -0.1) is 0 Å². The number of aromatic nitrogens is 2. The molecule has 1 aromatic heterocycles. The number of nitrogens with zero attached hydrogens (tertiary/aromatic N) is 3. The van der Waals surface area contributed by atoms with Crippen molar-refractivity contribution in [3.8, 4) is 0 Å². The van der Waals surface area contributed by atoms with Gasteiger partial charge in [-0.2, -0.15) is 5.10 Å². The monoisotopic (exact) mass is 272 g/mol. The third-order valence-electron chi connectivity index (χ3n) is 3.36. The SMILES string of the molecule is CCc1nn(C)c(CN2CCOC(CN)C2)c1Cl. The Morgan fingerprint density at radius 3 is 2.94 bits per heavy atom. The summed E-state index contributed by atoms with van der Waals surface area (Å²) in [6.45, 7) is 5.95. The largest absolute Gasteiger partial charge is 0.374 e. The van der Waals surface area contributed by atoms with Crippen molar-refractivity contribution in [2.75, 3.05) is 26.2 Å². The Kier molecular flexibility index (Phi) is 4.61. The summed E-state index contributed by atoms with van der Waals surface area (Å²) in [5.74, 6) is 0. The van der Waals surface area contributed by atoms with E-state index >= 15 is 0 Å². The molecule has 2 rings (SSSR count). The van der Waals surface area contributed by atoms with Gasteiger partial charge in [0.05, 0.1) is 29.1 Å². The lowest BCUT2D eigenvalue weighted by atomic mass is 10.2. The Labute approximate surface area is 113 Å². The smallest absolute Gasteiger partial charge is 0.0863 e. The molecule has 2 N–H and O–H groups in total. The third kappa shape index (κ3) is 2.85. The molecule has 6 heteroatoms. The van der Waals surface area contributed by atoms with E-state index in [1.807, 2.05) is 11.7 Å². The Morgan fingerprint density at radius 1 is 1.56 bits per heavy atom. The molecule has 1 atom stereocenters. The van der Waals surface area contributed by atoms with Crippen LogP contribution in [0.15, 0.2) is 0 Å². The van der Waals surface area contributed by atoms with E-state index in [9.17, 15) is 0 Å². The minimum absolute atomic E-state index is 0.136. The minimum atomic E-state index is 0.136. The highest BCUT2D eigenvalue weighted by molar-refractivity contribution is 6.31. The number of ether oxygens (including phenoxy) is 1. The van der Waals surface area contributed by atoms with Crippen LogP contribution in [0, 0.1) is 0 Å². The minimum Gasteiger partial charge on any atom is -0.374 e. The number of halogens is 1. The Hall–Kier alpha value is -0.620. The summed E-state index contributed by atoms with van der Waals surface area (Å²) in [5, 5.41) is 5.24. The van der Waals surface area contributed by atoms with Crippen LogP contribution in [0.5, 0.6) is 0 Å². The van der Waals surface area contributed by atoms with Gasteiger partial charge in [0.15, 0.2) is 0 Å². The summed E-state index contributed by atoms with van der Waals surface area (Å²) in [7, 11) is 1.95. The summed E-state index contributed by atoms with van der Waals surface area (Å²) < 4.78 is 7.44. The van der Waals surface area contributed by atoms with Crippen molar-refractivity contribution in [1.82, 2.24) is 14.7 Å². The van der Waals surface area contributed by atoms with Crippen LogP contribution in [0.2, 0.25) is 5.02 Å². The summed E-state index contributed by atoms with van der Waals surface area (Å²) in [6, 6.07) is 0. The van der Waals surface area contributed by atoms with Gasteiger partial charge in [0, 0.05) is 33.2 Å². The first-order chi connectivity index (χ1) is 8.65. The van der Waals surface area contributed by atoms with E-state index in [1.165, 1.54) is 0 Å². The Morgan fingerprint density at radius 2 is 2.33 bits per heavy atom. The van der Waals surface area contributed by atoms with Gasteiger partial charge >= 0.3 is 0 Å². The topological polar surface area (TPSA) is 56.3 Å². The number of morpholine rings is 1. The maximum atomic E-state index is 6.35. The maximum absolute atomic E-state index is 6.35. The lowest BCUT2D eigenvalue weighted by molar-refractivity contribution is -0.0267. The van der Waals surface area contributed by atoms with Crippen molar-refractivity contribution in [2.45, 2.75) is 26.0 Å². The molecule has 5 nitrogen and oxygen atoms in total. The second kappa shape index (κ2) is 6.02. The Balaban J connectivity index is 2.07. The molecule has 1 aromatic rings. The van der Waals surface area contributed by atoms with E-state index in [-0.39, 0.29) is 6.10 Å². The summed E-state index contributed by atoms with van der Waals surface area (Å²) in [6.07, 6.45) is 0.998. The highest BCUT2D eigenvalue weighted by Gasteiger charge is 2.22. The van der Waals surface area contributed by atoms with E-state index in [1.54, 1.807) is 0 Å². The van der Waals surface area contributed by atoms with Crippen molar-refractivity contribution in [1.29, 1.82) is 0 Å². The summed E-state index contributed by atoms with van der Waals surface area (Å²) in [5.41, 5.74) is 7.69. The summed E-state index contributed by atoms with van der Waals surface area (Å²) >= 11 is 6.35. The Bertz CT molecular complexity index is 407. The van der Waals surface area contributed by atoms with Crippen LogP contribution in [-0.2, 0) is 24.8 Å². The number of aryl methyl sites for hydroxylation is 2. The van der Waals surface area contributed by atoms with Gasteiger partial charge < -0.3 is 10.5 Å². The van der Waals surface area contributed by atoms with Gasteiger partial charge in [-0.05, 0) is 6.42 Å². The molecule has 0 saturated carbocycles. The van der Waals surface area contributed by atoms with Crippen molar-refractivity contribution < 1.29 is 4.74 Å². The highest BCUT2D eigenvalue weighted by Crippen LogP contribution is 2.22. The molecule has 1 saturated heterocycles. The molecule has 2 heterocycles.